The first kappa shape index (κ1) is 13.4. The van der Waals surface area contributed by atoms with Crippen LogP contribution in [0.25, 0.3) is 0 Å². The molecule has 0 atom stereocenters. The van der Waals surface area contributed by atoms with Crippen LogP contribution in [-0.4, -0.2) is 15.6 Å². The van der Waals surface area contributed by atoms with E-state index in [1.807, 2.05) is 35.9 Å². The van der Waals surface area contributed by atoms with Gasteiger partial charge in [-0.05, 0) is 30.9 Å². The summed E-state index contributed by atoms with van der Waals surface area (Å²) in [4.78, 5) is 12.1. The number of benzene rings is 1. The van der Waals surface area contributed by atoms with Crippen molar-refractivity contribution < 1.29 is 4.79 Å². The molecule has 0 amide bonds. The molecule has 0 N–H and O–H groups in total. The Morgan fingerprint density at radius 3 is 2.85 bits per heavy atom. The van der Waals surface area contributed by atoms with Crippen molar-refractivity contribution in [3.05, 3.63) is 51.8 Å². The summed E-state index contributed by atoms with van der Waals surface area (Å²) in [6, 6.07) is 7.79. The van der Waals surface area contributed by atoms with E-state index in [0.717, 1.165) is 46.8 Å². The molecular formula is C16H17ClN2O. The standard InChI is InChI=1S/C16H17ClN2O/c1-2-13-16-14(8-5-9-15(16)20)19(18-13)10-11-6-3-4-7-12(11)17/h3-4,6-7H,2,5,8-10H2,1H3. The van der Waals surface area contributed by atoms with Gasteiger partial charge < -0.3 is 0 Å². The summed E-state index contributed by atoms with van der Waals surface area (Å²) in [6.07, 6.45) is 3.29. The number of carbonyl (C=O) groups is 1. The predicted octanol–water partition coefficient (Wildman–Crippen LogP) is 3.67. The Balaban J connectivity index is 2.03. The molecule has 1 heterocycles. The van der Waals surface area contributed by atoms with Crippen molar-refractivity contribution in [1.29, 1.82) is 0 Å². The number of aromatic nitrogens is 2. The summed E-state index contributed by atoms with van der Waals surface area (Å²) in [5.74, 6) is 0.244. The molecule has 1 aliphatic rings. The lowest BCUT2D eigenvalue weighted by Crippen LogP contribution is -2.14. The average Bonchev–Trinajstić information content (AvgIpc) is 2.81. The van der Waals surface area contributed by atoms with Crippen molar-refractivity contribution in [2.75, 3.05) is 0 Å². The van der Waals surface area contributed by atoms with Crippen molar-refractivity contribution in [1.82, 2.24) is 9.78 Å². The first-order valence-electron chi connectivity index (χ1n) is 7.06. The van der Waals surface area contributed by atoms with Gasteiger partial charge in [0, 0.05) is 17.1 Å². The number of ketones is 1. The number of rotatable bonds is 3. The van der Waals surface area contributed by atoms with E-state index < -0.39 is 0 Å². The summed E-state index contributed by atoms with van der Waals surface area (Å²) in [5, 5.41) is 5.38. The number of hydrogen-bond donors (Lipinski definition) is 0. The second kappa shape index (κ2) is 5.41. The van der Waals surface area contributed by atoms with E-state index in [2.05, 4.69) is 5.10 Å². The molecule has 0 saturated heterocycles. The third-order valence-corrected chi connectivity index (χ3v) is 4.21. The fourth-order valence-corrected chi connectivity index (χ4v) is 3.03. The van der Waals surface area contributed by atoms with Crippen molar-refractivity contribution in [3.8, 4) is 0 Å². The molecule has 1 aromatic heterocycles. The topological polar surface area (TPSA) is 34.9 Å². The van der Waals surface area contributed by atoms with Crippen molar-refractivity contribution in [3.63, 3.8) is 0 Å². The Kier molecular flexibility index (Phi) is 3.62. The van der Waals surface area contributed by atoms with Gasteiger partial charge >= 0.3 is 0 Å². The van der Waals surface area contributed by atoms with Crippen LogP contribution in [0.5, 0.6) is 0 Å². The minimum absolute atomic E-state index is 0.244. The van der Waals surface area contributed by atoms with Crippen LogP contribution in [0.3, 0.4) is 0 Å². The monoisotopic (exact) mass is 288 g/mol. The normalized spacial score (nSPS) is 14.4. The molecule has 0 unspecified atom stereocenters. The maximum absolute atomic E-state index is 12.1. The van der Waals surface area contributed by atoms with E-state index in [0.29, 0.717) is 13.0 Å². The van der Waals surface area contributed by atoms with Gasteiger partial charge in [0.1, 0.15) is 0 Å². The SMILES string of the molecule is CCc1nn(Cc2ccccc2Cl)c2c1C(=O)CCC2. The number of hydrogen-bond acceptors (Lipinski definition) is 2. The van der Waals surface area contributed by atoms with E-state index in [4.69, 9.17) is 11.6 Å². The highest BCUT2D eigenvalue weighted by molar-refractivity contribution is 6.31. The molecule has 0 bridgehead atoms. The van der Waals surface area contributed by atoms with Crippen LogP contribution in [0, 0.1) is 0 Å². The first-order valence-corrected chi connectivity index (χ1v) is 7.43. The van der Waals surface area contributed by atoms with Gasteiger partial charge in [-0.15, -0.1) is 0 Å². The number of carbonyl (C=O) groups excluding carboxylic acids is 1. The van der Waals surface area contributed by atoms with Crippen molar-refractivity contribution in [2.45, 2.75) is 39.2 Å². The molecule has 0 fully saturated rings. The van der Waals surface area contributed by atoms with E-state index in [9.17, 15) is 4.79 Å². The maximum Gasteiger partial charge on any atom is 0.166 e. The van der Waals surface area contributed by atoms with Gasteiger partial charge in [-0.3, -0.25) is 9.48 Å². The van der Waals surface area contributed by atoms with Gasteiger partial charge in [0.25, 0.3) is 0 Å². The number of nitrogens with zero attached hydrogens (tertiary/aromatic N) is 2. The number of aryl methyl sites for hydroxylation is 1. The summed E-state index contributed by atoms with van der Waals surface area (Å²) in [6.45, 7) is 2.68. The molecule has 104 valence electrons. The lowest BCUT2D eigenvalue weighted by Gasteiger charge is -2.14. The molecule has 0 spiro atoms. The Hall–Kier alpha value is -1.61. The molecule has 2 aromatic rings. The van der Waals surface area contributed by atoms with E-state index in [1.165, 1.54) is 0 Å². The zero-order valence-corrected chi connectivity index (χ0v) is 12.3. The van der Waals surface area contributed by atoms with Gasteiger partial charge in [-0.1, -0.05) is 36.7 Å². The lowest BCUT2D eigenvalue weighted by molar-refractivity contribution is 0.0971. The Labute approximate surface area is 123 Å². The van der Waals surface area contributed by atoms with Crippen LogP contribution in [-0.2, 0) is 19.4 Å². The second-order valence-corrected chi connectivity index (χ2v) is 5.55. The quantitative estimate of drug-likeness (QED) is 0.864. The Morgan fingerprint density at radius 2 is 2.10 bits per heavy atom. The minimum atomic E-state index is 0.244. The molecule has 3 rings (SSSR count). The molecule has 1 aromatic carbocycles. The highest BCUT2D eigenvalue weighted by atomic mass is 35.5. The number of fused-ring (bicyclic) bond motifs is 1. The van der Waals surface area contributed by atoms with E-state index >= 15 is 0 Å². The van der Waals surface area contributed by atoms with Crippen LogP contribution in [0.2, 0.25) is 5.02 Å². The van der Waals surface area contributed by atoms with Gasteiger partial charge in [0.05, 0.1) is 17.8 Å². The first-order chi connectivity index (χ1) is 9.70. The van der Waals surface area contributed by atoms with E-state index in [1.54, 1.807) is 0 Å². The molecule has 4 heteroatoms. The molecule has 3 nitrogen and oxygen atoms in total. The molecule has 0 saturated carbocycles. The minimum Gasteiger partial charge on any atom is -0.294 e. The Bertz CT molecular complexity index is 660. The van der Waals surface area contributed by atoms with Crippen molar-refractivity contribution in [2.24, 2.45) is 0 Å². The smallest absolute Gasteiger partial charge is 0.166 e. The van der Waals surface area contributed by atoms with Crippen LogP contribution in [0.1, 0.15) is 47.1 Å². The highest BCUT2D eigenvalue weighted by Gasteiger charge is 2.26. The van der Waals surface area contributed by atoms with Gasteiger partial charge in [-0.2, -0.15) is 5.10 Å². The van der Waals surface area contributed by atoms with Crippen molar-refractivity contribution >= 4 is 17.4 Å². The summed E-state index contributed by atoms with van der Waals surface area (Å²) in [5.41, 5.74) is 3.92. The largest absolute Gasteiger partial charge is 0.294 e. The van der Waals surface area contributed by atoms with Gasteiger partial charge in [-0.25, -0.2) is 0 Å². The van der Waals surface area contributed by atoms with Gasteiger partial charge in [0.2, 0.25) is 0 Å². The number of Topliss-reactive ketones (excluding diaryl/α,β-unsaturated/α-hetero) is 1. The molecule has 1 aliphatic carbocycles. The molecular weight excluding hydrogens is 272 g/mol. The number of halogens is 1. The third kappa shape index (κ3) is 2.27. The molecule has 0 radical (unpaired) electrons. The lowest BCUT2D eigenvalue weighted by atomic mass is 9.94. The summed E-state index contributed by atoms with van der Waals surface area (Å²) >= 11 is 6.22. The third-order valence-electron chi connectivity index (χ3n) is 3.84. The zero-order chi connectivity index (χ0) is 14.1. The maximum atomic E-state index is 12.1. The van der Waals surface area contributed by atoms with Crippen LogP contribution < -0.4 is 0 Å². The van der Waals surface area contributed by atoms with E-state index in [-0.39, 0.29) is 5.78 Å². The summed E-state index contributed by atoms with van der Waals surface area (Å²) in [7, 11) is 0. The van der Waals surface area contributed by atoms with Gasteiger partial charge in [0.15, 0.2) is 5.78 Å². The Morgan fingerprint density at radius 1 is 1.30 bits per heavy atom. The van der Waals surface area contributed by atoms with Crippen LogP contribution >= 0.6 is 11.6 Å². The second-order valence-electron chi connectivity index (χ2n) is 5.15. The predicted molar refractivity (Wildman–Crippen MR) is 79.4 cm³/mol. The van der Waals surface area contributed by atoms with Crippen LogP contribution in [0.4, 0.5) is 0 Å². The molecule has 20 heavy (non-hydrogen) atoms. The zero-order valence-electron chi connectivity index (χ0n) is 11.5. The fourth-order valence-electron chi connectivity index (χ4n) is 2.84. The molecule has 0 aliphatic heterocycles. The average molecular weight is 289 g/mol. The van der Waals surface area contributed by atoms with Crippen LogP contribution in [0.15, 0.2) is 24.3 Å². The summed E-state index contributed by atoms with van der Waals surface area (Å²) < 4.78 is 1.96. The highest BCUT2D eigenvalue weighted by Crippen LogP contribution is 2.26. The fraction of sp³-hybridized carbons (Fsp3) is 0.375.